The van der Waals surface area contributed by atoms with Gasteiger partial charge in [0, 0.05) is 12.1 Å². The van der Waals surface area contributed by atoms with E-state index in [1.165, 1.54) is 38.5 Å². The highest BCUT2D eigenvalue weighted by atomic mass is 32.2. The van der Waals surface area contributed by atoms with Gasteiger partial charge in [0.15, 0.2) is 0 Å². The first kappa shape index (κ1) is 13.8. The van der Waals surface area contributed by atoms with E-state index in [1.807, 2.05) is 0 Å². The summed E-state index contributed by atoms with van der Waals surface area (Å²) in [4.78, 5) is 0. The molecule has 0 radical (unpaired) electrons. The Balaban J connectivity index is 1.35. The Bertz CT molecular complexity index is 386. The smallest absolute Gasteiger partial charge is 0.211 e. The standard InChI is InChI=1S/C14H26N2O2S/c17-19(18,10-2-1-9-15-13-7-8-13)16-14(11-3-4-11)12-5-6-12/h11-16H,1-10H2. The first-order valence-corrected chi connectivity index (χ1v) is 9.53. The maximum Gasteiger partial charge on any atom is 0.211 e. The zero-order valence-corrected chi connectivity index (χ0v) is 12.4. The van der Waals surface area contributed by atoms with Crippen LogP contribution >= 0.6 is 0 Å². The van der Waals surface area contributed by atoms with Gasteiger partial charge in [-0.05, 0) is 69.7 Å². The van der Waals surface area contributed by atoms with E-state index in [1.54, 1.807) is 0 Å². The van der Waals surface area contributed by atoms with Gasteiger partial charge >= 0.3 is 0 Å². The molecule has 4 nitrogen and oxygen atoms in total. The van der Waals surface area contributed by atoms with Gasteiger partial charge in [-0.15, -0.1) is 0 Å². The van der Waals surface area contributed by atoms with E-state index in [2.05, 4.69) is 10.0 Å². The fourth-order valence-electron chi connectivity index (χ4n) is 2.77. The van der Waals surface area contributed by atoms with Gasteiger partial charge in [0.1, 0.15) is 0 Å². The lowest BCUT2D eigenvalue weighted by atomic mass is 10.1. The van der Waals surface area contributed by atoms with Crippen molar-refractivity contribution in [3.05, 3.63) is 0 Å². The molecule has 3 rings (SSSR count). The van der Waals surface area contributed by atoms with Gasteiger partial charge in [-0.1, -0.05) is 0 Å². The van der Waals surface area contributed by atoms with Crippen molar-refractivity contribution in [2.45, 2.75) is 63.5 Å². The lowest BCUT2D eigenvalue weighted by molar-refractivity contribution is 0.470. The normalized spacial score (nSPS) is 24.1. The number of hydrogen-bond donors (Lipinski definition) is 2. The second kappa shape index (κ2) is 5.70. The molecule has 5 heteroatoms. The van der Waals surface area contributed by atoms with Gasteiger partial charge in [-0.2, -0.15) is 0 Å². The average molecular weight is 286 g/mol. The van der Waals surface area contributed by atoms with Crippen LogP contribution in [0.5, 0.6) is 0 Å². The van der Waals surface area contributed by atoms with Gasteiger partial charge in [-0.25, -0.2) is 13.1 Å². The summed E-state index contributed by atoms with van der Waals surface area (Å²) in [5.74, 6) is 1.58. The highest BCUT2D eigenvalue weighted by Crippen LogP contribution is 2.44. The quantitative estimate of drug-likeness (QED) is 0.600. The van der Waals surface area contributed by atoms with Crippen molar-refractivity contribution in [3.63, 3.8) is 0 Å². The summed E-state index contributed by atoms with van der Waals surface area (Å²) < 4.78 is 27.1. The van der Waals surface area contributed by atoms with E-state index in [-0.39, 0.29) is 6.04 Å². The van der Waals surface area contributed by atoms with Gasteiger partial charge in [0.2, 0.25) is 10.0 Å². The van der Waals surface area contributed by atoms with E-state index >= 15 is 0 Å². The lowest BCUT2D eigenvalue weighted by Crippen LogP contribution is -2.39. The van der Waals surface area contributed by atoms with Crippen LogP contribution < -0.4 is 10.0 Å². The largest absolute Gasteiger partial charge is 0.314 e. The molecule has 3 aliphatic carbocycles. The molecule has 2 N–H and O–H groups in total. The summed E-state index contributed by atoms with van der Waals surface area (Å²) in [6.07, 6.45) is 9.20. The molecule has 0 aromatic rings. The lowest BCUT2D eigenvalue weighted by Gasteiger charge is -2.17. The van der Waals surface area contributed by atoms with Crippen molar-refractivity contribution < 1.29 is 8.42 Å². The molecule has 0 atom stereocenters. The molecule has 19 heavy (non-hydrogen) atoms. The molecule has 0 spiro atoms. The van der Waals surface area contributed by atoms with Gasteiger partial charge in [0.25, 0.3) is 0 Å². The van der Waals surface area contributed by atoms with Crippen LogP contribution in [0.15, 0.2) is 0 Å². The molecule has 0 heterocycles. The second-order valence-electron chi connectivity index (χ2n) is 6.57. The zero-order chi connectivity index (χ0) is 13.3. The highest BCUT2D eigenvalue weighted by molar-refractivity contribution is 7.89. The minimum Gasteiger partial charge on any atom is -0.314 e. The van der Waals surface area contributed by atoms with Crippen LogP contribution in [0, 0.1) is 11.8 Å². The maximum atomic E-state index is 12.1. The Morgan fingerprint density at radius 3 is 2.11 bits per heavy atom. The molecule has 3 fully saturated rings. The molecule has 0 aromatic carbocycles. The third-order valence-corrected chi connectivity index (χ3v) is 5.88. The highest BCUT2D eigenvalue weighted by Gasteiger charge is 2.43. The SMILES string of the molecule is O=S(=O)(CCCCNC1CC1)NC(C1CC1)C1CC1. The first-order valence-electron chi connectivity index (χ1n) is 7.87. The molecule has 0 saturated heterocycles. The van der Waals surface area contributed by atoms with Crippen molar-refractivity contribution in [1.29, 1.82) is 0 Å². The fraction of sp³-hybridized carbons (Fsp3) is 1.00. The fourth-order valence-corrected chi connectivity index (χ4v) is 4.27. The van der Waals surface area contributed by atoms with E-state index in [9.17, 15) is 8.42 Å². The topological polar surface area (TPSA) is 58.2 Å². The predicted molar refractivity (Wildman–Crippen MR) is 76.4 cm³/mol. The molecule has 0 amide bonds. The molecule has 0 aliphatic heterocycles. The minimum atomic E-state index is -3.05. The molecule has 0 unspecified atom stereocenters. The Hall–Kier alpha value is -0.130. The number of unbranched alkanes of at least 4 members (excludes halogenated alkanes) is 1. The zero-order valence-electron chi connectivity index (χ0n) is 11.6. The predicted octanol–water partition coefficient (Wildman–Crippen LogP) is 1.63. The van der Waals surface area contributed by atoms with Gasteiger partial charge in [-0.3, -0.25) is 0 Å². The van der Waals surface area contributed by atoms with Gasteiger partial charge in [0.05, 0.1) is 5.75 Å². The molecule has 0 bridgehead atoms. The van der Waals surface area contributed by atoms with Crippen LogP contribution in [-0.4, -0.2) is 32.8 Å². The van der Waals surface area contributed by atoms with Crippen molar-refractivity contribution >= 4 is 10.0 Å². The summed E-state index contributed by atoms with van der Waals surface area (Å²) in [6, 6.07) is 0.985. The van der Waals surface area contributed by atoms with Crippen molar-refractivity contribution in [2.75, 3.05) is 12.3 Å². The Kier molecular flexibility index (Phi) is 4.15. The van der Waals surface area contributed by atoms with Crippen LogP contribution in [0.2, 0.25) is 0 Å². The van der Waals surface area contributed by atoms with Crippen LogP contribution in [0.25, 0.3) is 0 Å². The number of sulfonamides is 1. The Morgan fingerprint density at radius 2 is 1.58 bits per heavy atom. The summed E-state index contributed by atoms with van der Waals surface area (Å²) >= 11 is 0. The van der Waals surface area contributed by atoms with E-state index in [4.69, 9.17) is 0 Å². The molecular weight excluding hydrogens is 260 g/mol. The molecular formula is C14H26N2O2S. The number of hydrogen-bond acceptors (Lipinski definition) is 3. The minimum absolute atomic E-state index is 0.259. The van der Waals surface area contributed by atoms with E-state index in [0.29, 0.717) is 17.6 Å². The summed E-state index contributed by atoms with van der Waals surface area (Å²) in [6.45, 7) is 0.967. The Labute approximate surface area is 116 Å². The third-order valence-electron chi connectivity index (χ3n) is 4.43. The van der Waals surface area contributed by atoms with Crippen LogP contribution in [0.3, 0.4) is 0 Å². The Morgan fingerprint density at radius 1 is 0.947 bits per heavy atom. The molecule has 3 saturated carbocycles. The summed E-state index contributed by atoms with van der Waals surface area (Å²) in [5, 5.41) is 3.42. The second-order valence-corrected chi connectivity index (χ2v) is 8.45. The average Bonchev–Trinajstić information content (AvgIpc) is 3.24. The van der Waals surface area contributed by atoms with Crippen molar-refractivity contribution in [1.82, 2.24) is 10.0 Å². The first-order chi connectivity index (χ1) is 9.14. The molecule has 3 aliphatic rings. The van der Waals surface area contributed by atoms with Crippen molar-refractivity contribution in [3.8, 4) is 0 Å². The molecule has 110 valence electrons. The van der Waals surface area contributed by atoms with E-state index < -0.39 is 10.0 Å². The summed E-state index contributed by atoms with van der Waals surface area (Å²) in [5.41, 5.74) is 0. The van der Waals surface area contributed by atoms with Gasteiger partial charge < -0.3 is 5.32 Å². The van der Waals surface area contributed by atoms with E-state index in [0.717, 1.165) is 25.4 Å². The van der Waals surface area contributed by atoms with Crippen molar-refractivity contribution in [2.24, 2.45) is 11.8 Å². The monoisotopic (exact) mass is 286 g/mol. The third kappa shape index (κ3) is 4.72. The summed E-state index contributed by atoms with van der Waals surface area (Å²) in [7, 11) is -3.05. The maximum absolute atomic E-state index is 12.1. The molecule has 0 aromatic heterocycles. The number of nitrogens with one attached hydrogen (secondary N) is 2. The van der Waals surface area contributed by atoms with Crippen LogP contribution in [0.1, 0.15) is 51.4 Å². The number of rotatable bonds is 10. The van der Waals surface area contributed by atoms with Crippen LogP contribution in [0.4, 0.5) is 0 Å². The van der Waals surface area contributed by atoms with Crippen LogP contribution in [-0.2, 0) is 10.0 Å².